The lowest BCUT2D eigenvalue weighted by Gasteiger charge is -2.08. The highest BCUT2D eigenvalue weighted by Gasteiger charge is 2.20. The molecule has 3 heterocycles. The number of imidazole rings is 2. The van der Waals surface area contributed by atoms with Crippen LogP contribution in [0.25, 0.3) is 16.9 Å². The number of benzene rings is 1. The summed E-state index contributed by atoms with van der Waals surface area (Å²) in [5.74, 6) is 1.05. The van der Waals surface area contributed by atoms with Crippen LogP contribution in [0.1, 0.15) is 11.3 Å². The van der Waals surface area contributed by atoms with E-state index in [-0.39, 0.29) is 17.8 Å². The van der Waals surface area contributed by atoms with E-state index in [1.54, 1.807) is 11.4 Å². The first-order valence-corrected chi connectivity index (χ1v) is 8.84. The molecule has 0 atom stereocenters. The third-order valence-electron chi connectivity index (χ3n) is 4.63. The predicted molar refractivity (Wildman–Crippen MR) is 101 cm³/mol. The molecule has 0 amide bonds. The Hall–Kier alpha value is -2.80. The van der Waals surface area contributed by atoms with Gasteiger partial charge >= 0.3 is 5.69 Å². The van der Waals surface area contributed by atoms with Crippen LogP contribution in [0.15, 0.2) is 46.1 Å². The molecular weight excluding hydrogens is 354 g/mol. The zero-order valence-corrected chi connectivity index (χ0v) is 15.3. The number of halogens is 1. The summed E-state index contributed by atoms with van der Waals surface area (Å²) in [6.45, 7) is 2.74. The Morgan fingerprint density at radius 2 is 1.85 bits per heavy atom. The molecule has 0 saturated carbocycles. The molecule has 7 nitrogen and oxygen atoms in total. The monoisotopic (exact) mass is 371 g/mol. The number of rotatable bonds is 4. The lowest BCUT2D eigenvalue weighted by molar-refractivity contribution is 0.656. The first-order valence-electron chi connectivity index (χ1n) is 8.30. The van der Waals surface area contributed by atoms with E-state index < -0.39 is 0 Å². The lowest BCUT2D eigenvalue weighted by atomic mass is 10.2. The Kier molecular flexibility index (Phi) is 3.96. The Morgan fingerprint density at radius 3 is 2.54 bits per heavy atom. The van der Waals surface area contributed by atoms with Gasteiger partial charge < -0.3 is 4.57 Å². The fourth-order valence-corrected chi connectivity index (χ4v) is 3.49. The Morgan fingerprint density at radius 1 is 1.12 bits per heavy atom. The molecule has 0 aliphatic heterocycles. The van der Waals surface area contributed by atoms with Crippen LogP contribution in [0.2, 0.25) is 0 Å². The molecule has 4 rings (SSSR count). The van der Waals surface area contributed by atoms with E-state index in [4.69, 9.17) is 11.6 Å². The van der Waals surface area contributed by atoms with Crippen LogP contribution in [0, 0.1) is 6.92 Å². The number of hydrogen-bond donors (Lipinski definition) is 0. The van der Waals surface area contributed by atoms with Gasteiger partial charge in [0.25, 0.3) is 5.56 Å². The van der Waals surface area contributed by atoms with Gasteiger partial charge in [-0.15, -0.1) is 11.6 Å². The Balaban J connectivity index is 2.03. The second-order valence-electron chi connectivity index (χ2n) is 6.28. The maximum Gasteiger partial charge on any atom is 0.332 e. The van der Waals surface area contributed by atoms with Gasteiger partial charge in [0.05, 0.1) is 6.54 Å². The molecule has 0 radical (unpaired) electrons. The summed E-state index contributed by atoms with van der Waals surface area (Å²) in [6, 6.07) is 9.45. The third-order valence-corrected chi connectivity index (χ3v) is 4.80. The van der Waals surface area contributed by atoms with Gasteiger partial charge in [0.15, 0.2) is 11.2 Å². The minimum atomic E-state index is -0.382. The number of hydrogen-bond acceptors (Lipinski definition) is 3. The molecule has 0 spiro atoms. The second kappa shape index (κ2) is 6.17. The summed E-state index contributed by atoms with van der Waals surface area (Å²) in [5, 5.41) is 0. The van der Waals surface area contributed by atoms with Gasteiger partial charge in [-0.05, 0) is 12.5 Å². The van der Waals surface area contributed by atoms with Crippen molar-refractivity contribution in [1.82, 2.24) is 23.1 Å². The molecule has 0 aliphatic rings. The Labute approximate surface area is 153 Å². The molecule has 3 aromatic heterocycles. The summed E-state index contributed by atoms with van der Waals surface area (Å²) in [6.07, 6.45) is 1.86. The summed E-state index contributed by atoms with van der Waals surface area (Å²) in [4.78, 5) is 30.4. The highest BCUT2D eigenvalue weighted by Crippen LogP contribution is 2.16. The van der Waals surface area contributed by atoms with Gasteiger partial charge in [-0.25, -0.2) is 4.79 Å². The average molecular weight is 372 g/mol. The highest BCUT2D eigenvalue weighted by molar-refractivity contribution is 6.17. The van der Waals surface area contributed by atoms with E-state index in [1.165, 1.54) is 9.13 Å². The summed E-state index contributed by atoms with van der Waals surface area (Å²) < 4.78 is 6.37. The smallest absolute Gasteiger partial charge is 0.313 e. The van der Waals surface area contributed by atoms with Crippen LogP contribution in [-0.4, -0.2) is 29.0 Å². The van der Waals surface area contributed by atoms with Crippen LogP contribution in [0.3, 0.4) is 0 Å². The Bertz CT molecular complexity index is 1230. The summed E-state index contributed by atoms with van der Waals surface area (Å²) >= 11 is 5.89. The highest BCUT2D eigenvalue weighted by atomic mass is 35.5. The molecule has 0 saturated heterocycles. The van der Waals surface area contributed by atoms with Crippen molar-refractivity contribution in [3.8, 4) is 0 Å². The van der Waals surface area contributed by atoms with E-state index in [0.717, 1.165) is 11.3 Å². The van der Waals surface area contributed by atoms with Crippen LogP contribution in [-0.2, 0) is 20.1 Å². The molecule has 0 unspecified atom stereocenters. The number of alkyl halides is 1. The quantitative estimate of drug-likeness (QED) is 0.513. The minimum Gasteiger partial charge on any atom is -0.313 e. The first-order chi connectivity index (χ1) is 12.5. The van der Waals surface area contributed by atoms with Gasteiger partial charge in [-0.1, -0.05) is 30.3 Å². The normalized spacial score (nSPS) is 11.7. The maximum atomic E-state index is 13.1. The fraction of sp³-hybridized carbons (Fsp3) is 0.278. The van der Waals surface area contributed by atoms with Crippen molar-refractivity contribution in [2.24, 2.45) is 7.05 Å². The van der Waals surface area contributed by atoms with Crippen LogP contribution in [0.4, 0.5) is 0 Å². The van der Waals surface area contributed by atoms with Gasteiger partial charge in [-0.3, -0.25) is 18.3 Å². The number of nitrogens with zero attached hydrogens (tertiary/aromatic N) is 5. The van der Waals surface area contributed by atoms with Gasteiger partial charge in [0, 0.05) is 31.4 Å². The molecule has 134 valence electrons. The number of aromatic nitrogens is 5. The van der Waals surface area contributed by atoms with Crippen molar-refractivity contribution >= 4 is 28.5 Å². The number of aryl methyl sites for hydroxylation is 3. The standard InChI is InChI=1S/C18H18ClN5O2/c1-12-10-23-14-15(20-17(23)22(12)9-8-19)21(2)18(26)24(16(14)25)11-13-6-4-3-5-7-13/h3-7,10H,8-9,11H2,1-2H3. The van der Waals surface area contributed by atoms with E-state index in [0.29, 0.717) is 29.4 Å². The van der Waals surface area contributed by atoms with Crippen molar-refractivity contribution in [3.63, 3.8) is 0 Å². The van der Waals surface area contributed by atoms with Crippen molar-refractivity contribution in [3.05, 3.63) is 68.6 Å². The van der Waals surface area contributed by atoms with Gasteiger partial charge in [0.2, 0.25) is 5.78 Å². The molecule has 0 fully saturated rings. The lowest BCUT2D eigenvalue weighted by Crippen LogP contribution is -2.39. The number of fused-ring (bicyclic) bond motifs is 3. The van der Waals surface area contributed by atoms with Gasteiger partial charge in [0.1, 0.15) is 0 Å². The van der Waals surface area contributed by atoms with E-state index in [1.807, 2.05) is 48.0 Å². The molecule has 8 heteroatoms. The minimum absolute atomic E-state index is 0.219. The zero-order valence-electron chi connectivity index (χ0n) is 14.5. The molecule has 0 bridgehead atoms. The fourth-order valence-electron chi connectivity index (χ4n) is 3.32. The molecular formula is C18H18ClN5O2. The van der Waals surface area contributed by atoms with Crippen molar-refractivity contribution in [2.75, 3.05) is 5.88 Å². The predicted octanol–water partition coefficient (Wildman–Crippen LogP) is 1.74. The third kappa shape index (κ3) is 2.39. The first kappa shape index (κ1) is 16.7. The van der Waals surface area contributed by atoms with E-state index in [2.05, 4.69) is 4.98 Å². The van der Waals surface area contributed by atoms with Gasteiger partial charge in [-0.2, -0.15) is 4.98 Å². The largest absolute Gasteiger partial charge is 0.332 e. The van der Waals surface area contributed by atoms with Crippen molar-refractivity contribution in [2.45, 2.75) is 20.0 Å². The van der Waals surface area contributed by atoms with Crippen LogP contribution < -0.4 is 11.2 Å². The van der Waals surface area contributed by atoms with Crippen LogP contribution in [0.5, 0.6) is 0 Å². The molecule has 0 N–H and O–H groups in total. The van der Waals surface area contributed by atoms with E-state index in [9.17, 15) is 9.59 Å². The van der Waals surface area contributed by atoms with E-state index >= 15 is 0 Å². The molecule has 1 aromatic carbocycles. The summed E-state index contributed by atoms with van der Waals surface area (Å²) in [5.41, 5.74) is 1.90. The molecule has 4 aromatic rings. The maximum absolute atomic E-state index is 13.1. The summed E-state index contributed by atoms with van der Waals surface area (Å²) in [7, 11) is 1.64. The molecule has 26 heavy (non-hydrogen) atoms. The SMILES string of the molecule is Cc1cn2c3c(=O)n(Cc4ccccc4)c(=O)n(C)c3nc2n1CCCl. The van der Waals surface area contributed by atoms with Crippen molar-refractivity contribution < 1.29 is 0 Å². The second-order valence-corrected chi connectivity index (χ2v) is 6.66. The van der Waals surface area contributed by atoms with Crippen LogP contribution >= 0.6 is 11.6 Å². The zero-order chi connectivity index (χ0) is 18.4. The average Bonchev–Trinajstić information content (AvgIpc) is 3.14. The molecule has 0 aliphatic carbocycles. The topological polar surface area (TPSA) is 66.2 Å². The van der Waals surface area contributed by atoms with Crippen molar-refractivity contribution in [1.29, 1.82) is 0 Å².